The van der Waals surface area contributed by atoms with Gasteiger partial charge in [-0.05, 0) is 69.4 Å². The molecule has 2 aromatic carbocycles. The number of ether oxygens (including phenoxy) is 1. The molecule has 9 heteroatoms. The molecule has 4 rings (SSSR count). The summed E-state index contributed by atoms with van der Waals surface area (Å²) in [7, 11) is 1.67. The predicted molar refractivity (Wildman–Crippen MR) is 143 cm³/mol. The Balaban J connectivity index is 1.40. The van der Waals surface area contributed by atoms with E-state index in [1.165, 1.54) is 4.57 Å². The van der Waals surface area contributed by atoms with Crippen molar-refractivity contribution in [3.05, 3.63) is 58.6 Å². The first-order valence-corrected chi connectivity index (χ1v) is 12.9. The molecular formula is C29H34N4O5. The van der Waals surface area contributed by atoms with Gasteiger partial charge in [0, 0.05) is 26.1 Å². The standard InChI is InChI=1S/C29H34N4O5/c1-18-23(7-6-14-33(18)28(36)38-29(2,3)4)26(34)31-22(17-30)15-19-8-10-20(11-9-19)21-12-13-25-24(16-21)32(5)27(35)37-25/h8-13,16,18,22-23H,6-7,14-15H2,1-5H3,(H,31,34)/t18-,22-,23-/m0/s1. The predicted octanol–water partition coefficient (Wildman–Crippen LogP) is 4.38. The highest BCUT2D eigenvalue weighted by Gasteiger charge is 2.37. The molecule has 200 valence electrons. The van der Waals surface area contributed by atoms with E-state index in [9.17, 15) is 19.6 Å². The van der Waals surface area contributed by atoms with Crippen LogP contribution >= 0.6 is 0 Å². The van der Waals surface area contributed by atoms with Crippen molar-refractivity contribution in [3.63, 3.8) is 0 Å². The lowest BCUT2D eigenvalue weighted by atomic mass is 9.89. The first-order valence-electron chi connectivity index (χ1n) is 12.9. The highest BCUT2D eigenvalue weighted by atomic mass is 16.6. The van der Waals surface area contributed by atoms with Crippen LogP contribution in [0.15, 0.2) is 51.7 Å². The number of aromatic nitrogens is 1. The number of piperidine rings is 1. The van der Waals surface area contributed by atoms with Gasteiger partial charge in [0.25, 0.3) is 0 Å². The van der Waals surface area contributed by atoms with E-state index in [-0.39, 0.29) is 11.9 Å². The average molecular weight is 519 g/mol. The van der Waals surface area contributed by atoms with Crippen LogP contribution in [-0.4, -0.2) is 45.7 Å². The van der Waals surface area contributed by atoms with Gasteiger partial charge < -0.3 is 19.4 Å². The molecular weight excluding hydrogens is 484 g/mol. The minimum Gasteiger partial charge on any atom is -0.444 e. The molecule has 3 aromatic rings. The van der Waals surface area contributed by atoms with E-state index in [1.54, 1.807) is 18.0 Å². The molecule has 2 heterocycles. The minimum atomic E-state index is -0.700. The summed E-state index contributed by atoms with van der Waals surface area (Å²) < 4.78 is 12.2. The third-order valence-electron chi connectivity index (χ3n) is 6.94. The first kappa shape index (κ1) is 27.0. The number of aryl methyl sites for hydroxylation is 1. The zero-order valence-electron chi connectivity index (χ0n) is 22.5. The lowest BCUT2D eigenvalue weighted by molar-refractivity contribution is -0.128. The van der Waals surface area contributed by atoms with Gasteiger partial charge in [0.15, 0.2) is 5.58 Å². The topological polar surface area (TPSA) is 118 Å². The van der Waals surface area contributed by atoms with E-state index in [1.807, 2.05) is 64.1 Å². The maximum Gasteiger partial charge on any atom is 0.419 e. The van der Waals surface area contributed by atoms with Gasteiger partial charge in [-0.1, -0.05) is 30.3 Å². The number of hydrogen-bond acceptors (Lipinski definition) is 6. The van der Waals surface area contributed by atoms with Gasteiger partial charge in [-0.25, -0.2) is 9.59 Å². The van der Waals surface area contributed by atoms with Gasteiger partial charge in [-0.3, -0.25) is 9.36 Å². The fraction of sp³-hybridized carbons (Fsp3) is 0.448. The number of oxazole rings is 1. The summed E-state index contributed by atoms with van der Waals surface area (Å²) in [4.78, 5) is 39.1. The van der Waals surface area contributed by atoms with Crippen LogP contribution in [0.1, 0.15) is 46.1 Å². The molecule has 38 heavy (non-hydrogen) atoms. The quantitative estimate of drug-likeness (QED) is 0.535. The monoisotopic (exact) mass is 518 g/mol. The third kappa shape index (κ3) is 5.91. The molecule has 1 aromatic heterocycles. The van der Waals surface area contributed by atoms with Crippen molar-refractivity contribution in [1.29, 1.82) is 5.26 Å². The Morgan fingerprint density at radius 2 is 1.87 bits per heavy atom. The van der Waals surface area contributed by atoms with Crippen LogP contribution in [0.25, 0.3) is 22.2 Å². The van der Waals surface area contributed by atoms with Crippen LogP contribution in [0.4, 0.5) is 4.79 Å². The van der Waals surface area contributed by atoms with Gasteiger partial charge in [0.2, 0.25) is 5.91 Å². The molecule has 1 N–H and O–H groups in total. The zero-order chi connectivity index (χ0) is 27.6. The summed E-state index contributed by atoms with van der Waals surface area (Å²) in [5.41, 5.74) is 3.44. The highest BCUT2D eigenvalue weighted by molar-refractivity contribution is 5.82. The maximum absolute atomic E-state index is 13.1. The van der Waals surface area contributed by atoms with Gasteiger partial charge in [0.05, 0.1) is 17.5 Å². The first-order chi connectivity index (χ1) is 18.0. The van der Waals surface area contributed by atoms with E-state index < -0.39 is 29.4 Å². The van der Waals surface area contributed by atoms with Crippen LogP contribution < -0.4 is 11.1 Å². The van der Waals surface area contributed by atoms with E-state index in [0.717, 1.165) is 16.7 Å². The molecule has 1 fully saturated rings. The molecule has 0 saturated carbocycles. The number of carbonyl (C=O) groups excluding carboxylic acids is 2. The second-order valence-electron chi connectivity index (χ2n) is 10.9. The van der Waals surface area contributed by atoms with Crippen molar-refractivity contribution in [2.45, 2.75) is 64.6 Å². The van der Waals surface area contributed by atoms with E-state index in [2.05, 4.69) is 11.4 Å². The van der Waals surface area contributed by atoms with E-state index in [4.69, 9.17) is 9.15 Å². The summed E-state index contributed by atoms with van der Waals surface area (Å²) in [6.07, 6.45) is 1.27. The maximum atomic E-state index is 13.1. The van der Waals surface area contributed by atoms with Gasteiger partial charge in [0.1, 0.15) is 11.6 Å². The summed E-state index contributed by atoms with van der Waals surface area (Å²) in [5.74, 6) is -1.05. The van der Waals surface area contributed by atoms with Crippen LogP contribution in [-0.2, 0) is 23.0 Å². The molecule has 0 spiro atoms. The highest BCUT2D eigenvalue weighted by Crippen LogP contribution is 2.27. The fourth-order valence-electron chi connectivity index (χ4n) is 4.85. The molecule has 3 atom stereocenters. The van der Waals surface area contributed by atoms with E-state index >= 15 is 0 Å². The Morgan fingerprint density at radius 1 is 1.18 bits per heavy atom. The smallest absolute Gasteiger partial charge is 0.419 e. The molecule has 0 radical (unpaired) electrons. The Kier molecular flexibility index (Phi) is 7.63. The van der Waals surface area contributed by atoms with Crippen LogP contribution in [0.2, 0.25) is 0 Å². The summed E-state index contributed by atoms with van der Waals surface area (Å²) in [6, 6.07) is 14.5. The van der Waals surface area contributed by atoms with Crippen molar-refractivity contribution in [2.75, 3.05) is 6.54 Å². The van der Waals surface area contributed by atoms with Crippen molar-refractivity contribution in [2.24, 2.45) is 13.0 Å². The Labute approximate surface area is 222 Å². The number of fused-ring (bicyclic) bond motifs is 1. The van der Waals surface area contributed by atoms with Crippen LogP contribution in [0.5, 0.6) is 0 Å². The Bertz CT molecular complexity index is 1420. The van der Waals surface area contributed by atoms with Gasteiger partial charge in [-0.2, -0.15) is 5.26 Å². The molecule has 0 bridgehead atoms. The van der Waals surface area contributed by atoms with Crippen LogP contribution in [0, 0.1) is 17.2 Å². The number of benzene rings is 2. The SMILES string of the molecule is C[C@H]1[C@@H](C(=O)N[C@H](C#N)Cc2ccc(-c3ccc4oc(=O)n(C)c4c3)cc2)CCCN1C(=O)OC(C)(C)C. The second-order valence-corrected chi connectivity index (χ2v) is 10.9. The Hall–Kier alpha value is -4.06. The minimum absolute atomic E-state index is 0.229. The van der Waals surface area contributed by atoms with Gasteiger partial charge >= 0.3 is 11.8 Å². The van der Waals surface area contributed by atoms with Crippen molar-refractivity contribution in [3.8, 4) is 17.2 Å². The fourth-order valence-corrected chi connectivity index (χ4v) is 4.85. The summed E-state index contributed by atoms with van der Waals surface area (Å²) >= 11 is 0. The molecule has 1 aliphatic rings. The number of nitrogens with one attached hydrogen (secondary N) is 1. The molecule has 0 aliphatic carbocycles. The van der Waals surface area contributed by atoms with Gasteiger partial charge in [-0.15, -0.1) is 0 Å². The van der Waals surface area contributed by atoms with Crippen molar-refractivity contribution >= 4 is 23.1 Å². The number of amides is 2. The molecule has 1 aliphatic heterocycles. The largest absolute Gasteiger partial charge is 0.444 e. The number of hydrogen-bond donors (Lipinski definition) is 1. The lowest BCUT2D eigenvalue weighted by Crippen LogP contribution is -2.53. The van der Waals surface area contributed by atoms with E-state index in [0.29, 0.717) is 36.9 Å². The number of likely N-dealkylation sites (tertiary alicyclic amines) is 1. The molecule has 1 saturated heterocycles. The number of rotatable bonds is 5. The number of carbonyl (C=O) groups is 2. The van der Waals surface area contributed by atoms with Crippen molar-refractivity contribution in [1.82, 2.24) is 14.8 Å². The third-order valence-corrected chi connectivity index (χ3v) is 6.94. The molecule has 9 nitrogen and oxygen atoms in total. The average Bonchev–Trinajstić information content (AvgIpc) is 3.15. The van der Waals surface area contributed by atoms with Crippen LogP contribution in [0.3, 0.4) is 0 Å². The molecule has 2 amide bonds. The zero-order valence-corrected chi connectivity index (χ0v) is 22.5. The lowest BCUT2D eigenvalue weighted by Gasteiger charge is -2.39. The molecule has 0 unspecified atom stereocenters. The number of nitriles is 1. The second kappa shape index (κ2) is 10.7. The number of nitrogens with zero attached hydrogens (tertiary/aromatic N) is 3. The van der Waals surface area contributed by atoms with Crippen molar-refractivity contribution < 1.29 is 18.7 Å². The summed E-state index contributed by atoms with van der Waals surface area (Å²) in [5, 5.41) is 12.6. The summed E-state index contributed by atoms with van der Waals surface area (Å²) in [6.45, 7) is 7.84. The Morgan fingerprint density at radius 3 is 2.53 bits per heavy atom. The normalized spacial score (nSPS) is 18.6.